The second kappa shape index (κ2) is 6.19. The Morgan fingerprint density at radius 1 is 1.36 bits per heavy atom. The van der Waals surface area contributed by atoms with E-state index in [1.807, 2.05) is 0 Å². The van der Waals surface area contributed by atoms with Crippen LogP contribution in [0.5, 0.6) is 0 Å². The van der Waals surface area contributed by atoms with Gasteiger partial charge in [-0.05, 0) is 6.07 Å². The number of nitrogens with zero attached hydrogens (tertiary/aromatic N) is 1. The molecule has 78 valence electrons. The fourth-order valence-corrected chi connectivity index (χ4v) is 1.29. The minimum absolute atomic E-state index is 0.385. The van der Waals surface area contributed by atoms with E-state index < -0.39 is 0 Å². The van der Waals surface area contributed by atoms with Gasteiger partial charge in [0, 0.05) is 18.9 Å². The molecule has 0 spiro atoms. The van der Waals surface area contributed by atoms with Crippen molar-refractivity contribution >= 4 is 23.2 Å². The molecule has 0 saturated carbocycles. The smallest absolute Gasteiger partial charge is 0.130 e. The summed E-state index contributed by atoms with van der Waals surface area (Å²) in [7, 11) is 1.63. The summed E-state index contributed by atoms with van der Waals surface area (Å²) in [6.45, 7) is 1.53. The van der Waals surface area contributed by atoms with Crippen molar-refractivity contribution in [3.05, 3.63) is 28.0 Å². The Morgan fingerprint density at radius 3 is 2.79 bits per heavy atom. The lowest BCUT2D eigenvalue weighted by molar-refractivity contribution is 0.0616. The van der Waals surface area contributed by atoms with E-state index in [2.05, 4.69) is 4.98 Å². The summed E-state index contributed by atoms with van der Waals surface area (Å²) >= 11 is 11.6. The van der Waals surface area contributed by atoms with Crippen LogP contribution in [0.25, 0.3) is 0 Å². The standard InChI is InChI=1S/C9H11Cl2NO2/c1-13-2-3-14-6-7-5-12-9(11)4-8(7)10/h4-5H,2-3,6H2,1H3. The molecule has 0 unspecified atom stereocenters. The Labute approximate surface area is 92.9 Å². The minimum Gasteiger partial charge on any atom is -0.382 e. The van der Waals surface area contributed by atoms with Gasteiger partial charge in [0.2, 0.25) is 0 Å². The van der Waals surface area contributed by atoms with Crippen LogP contribution < -0.4 is 0 Å². The first kappa shape index (κ1) is 11.7. The molecule has 1 rings (SSSR count). The molecule has 0 aliphatic heterocycles. The van der Waals surface area contributed by atoms with Crippen LogP contribution in [0.15, 0.2) is 12.3 Å². The first-order chi connectivity index (χ1) is 6.74. The number of methoxy groups -OCH3 is 1. The fraction of sp³-hybridized carbons (Fsp3) is 0.444. The maximum Gasteiger partial charge on any atom is 0.130 e. The van der Waals surface area contributed by atoms with Crippen molar-refractivity contribution in [2.45, 2.75) is 6.61 Å². The Balaban J connectivity index is 2.42. The molecule has 1 aromatic rings. The summed E-state index contributed by atoms with van der Waals surface area (Å²) < 4.78 is 10.1. The van der Waals surface area contributed by atoms with Crippen molar-refractivity contribution in [2.75, 3.05) is 20.3 Å². The molecule has 0 saturated heterocycles. The highest BCUT2D eigenvalue weighted by molar-refractivity contribution is 6.34. The molecular formula is C9H11Cl2NO2. The highest BCUT2D eigenvalue weighted by Gasteiger charge is 2.01. The van der Waals surface area contributed by atoms with Crippen molar-refractivity contribution in [3.8, 4) is 0 Å². The molecule has 0 aromatic carbocycles. The SMILES string of the molecule is COCCOCc1cnc(Cl)cc1Cl. The average Bonchev–Trinajstić information content (AvgIpc) is 2.15. The predicted molar refractivity (Wildman–Crippen MR) is 55.8 cm³/mol. The number of halogens is 2. The van der Waals surface area contributed by atoms with Crippen LogP contribution in [0.2, 0.25) is 10.2 Å². The van der Waals surface area contributed by atoms with Crippen LogP contribution in [0.4, 0.5) is 0 Å². The van der Waals surface area contributed by atoms with E-state index in [1.54, 1.807) is 19.4 Å². The largest absolute Gasteiger partial charge is 0.382 e. The summed E-state index contributed by atoms with van der Waals surface area (Å²) in [6.07, 6.45) is 1.61. The highest BCUT2D eigenvalue weighted by atomic mass is 35.5. The molecule has 0 bridgehead atoms. The lowest BCUT2D eigenvalue weighted by atomic mass is 10.3. The van der Waals surface area contributed by atoms with E-state index in [-0.39, 0.29) is 0 Å². The maximum atomic E-state index is 5.91. The molecule has 1 aromatic heterocycles. The molecule has 0 N–H and O–H groups in total. The van der Waals surface area contributed by atoms with Gasteiger partial charge in [-0.3, -0.25) is 0 Å². The molecule has 0 aliphatic carbocycles. The lowest BCUT2D eigenvalue weighted by Crippen LogP contribution is -2.02. The van der Waals surface area contributed by atoms with Gasteiger partial charge in [-0.1, -0.05) is 23.2 Å². The van der Waals surface area contributed by atoms with E-state index >= 15 is 0 Å². The lowest BCUT2D eigenvalue weighted by Gasteiger charge is -2.05. The maximum absolute atomic E-state index is 5.91. The van der Waals surface area contributed by atoms with Crippen LogP contribution in [0.3, 0.4) is 0 Å². The molecular weight excluding hydrogens is 225 g/mol. The van der Waals surface area contributed by atoms with Gasteiger partial charge < -0.3 is 9.47 Å². The third kappa shape index (κ3) is 3.80. The zero-order valence-corrected chi connectivity index (χ0v) is 9.31. The van der Waals surface area contributed by atoms with Crippen LogP contribution in [-0.2, 0) is 16.1 Å². The van der Waals surface area contributed by atoms with Crippen molar-refractivity contribution in [1.82, 2.24) is 4.98 Å². The quantitative estimate of drug-likeness (QED) is 0.581. The molecule has 5 heteroatoms. The molecule has 0 radical (unpaired) electrons. The van der Waals surface area contributed by atoms with Crippen molar-refractivity contribution < 1.29 is 9.47 Å². The molecule has 0 atom stereocenters. The predicted octanol–water partition coefficient (Wildman–Crippen LogP) is 2.55. The summed E-state index contributed by atoms with van der Waals surface area (Å²) in [6, 6.07) is 1.60. The van der Waals surface area contributed by atoms with E-state index in [0.29, 0.717) is 30.0 Å². The number of hydrogen-bond acceptors (Lipinski definition) is 3. The summed E-state index contributed by atoms with van der Waals surface area (Å²) in [5.41, 5.74) is 0.826. The van der Waals surface area contributed by atoms with Gasteiger partial charge in [-0.15, -0.1) is 0 Å². The van der Waals surface area contributed by atoms with Crippen LogP contribution >= 0.6 is 23.2 Å². The van der Waals surface area contributed by atoms with Gasteiger partial charge in [0.05, 0.1) is 24.8 Å². The first-order valence-corrected chi connectivity index (χ1v) is 4.86. The number of aromatic nitrogens is 1. The second-order valence-corrected chi connectivity index (χ2v) is 3.44. The van der Waals surface area contributed by atoms with Crippen LogP contribution in [-0.4, -0.2) is 25.3 Å². The zero-order chi connectivity index (χ0) is 10.4. The minimum atomic E-state index is 0.385. The van der Waals surface area contributed by atoms with Crippen LogP contribution in [0.1, 0.15) is 5.56 Å². The van der Waals surface area contributed by atoms with Crippen LogP contribution in [0, 0.1) is 0 Å². The molecule has 14 heavy (non-hydrogen) atoms. The number of rotatable bonds is 5. The Hall–Kier alpha value is -0.350. The third-order valence-corrected chi connectivity index (χ3v) is 2.14. The van der Waals surface area contributed by atoms with E-state index in [4.69, 9.17) is 32.7 Å². The van der Waals surface area contributed by atoms with Crippen molar-refractivity contribution in [1.29, 1.82) is 0 Å². The highest BCUT2D eigenvalue weighted by Crippen LogP contribution is 2.18. The molecule has 1 heterocycles. The second-order valence-electron chi connectivity index (χ2n) is 2.64. The fourth-order valence-electron chi connectivity index (χ4n) is 0.866. The Kier molecular flexibility index (Phi) is 5.19. The number of pyridine rings is 1. The zero-order valence-electron chi connectivity index (χ0n) is 7.80. The topological polar surface area (TPSA) is 31.4 Å². The van der Waals surface area contributed by atoms with Gasteiger partial charge >= 0.3 is 0 Å². The van der Waals surface area contributed by atoms with E-state index in [1.165, 1.54) is 0 Å². The molecule has 0 aliphatic rings. The monoisotopic (exact) mass is 235 g/mol. The van der Waals surface area contributed by atoms with Gasteiger partial charge in [0.25, 0.3) is 0 Å². The van der Waals surface area contributed by atoms with Gasteiger partial charge in [0.15, 0.2) is 0 Å². The van der Waals surface area contributed by atoms with Crippen molar-refractivity contribution in [2.24, 2.45) is 0 Å². The van der Waals surface area contributed by atoms with E-state index in [9.17, 15) is 0 Å². The summed E-state index contributed by atoms with van der Waals surface area (Å²) in [4.78, 5) is 3.91. The Bertz CT molecular complexity index is 294. The first-order valence-electron chi connectivity index (χ1n) is 4.10. The summed E-state index contributed by atoms with van der Waals surface area (Å²) in [5, 5.41) is 0.957. The van der Waals surface area contributed by atoms with Gasteiger partial charge in [0.1, 0.15) is 5.15 Å². The van der Waals surface area contributed by atoms with E-state index in [0.717, 1.165) is 5.56 Å². The number of ether oxygens (including phenoxy) is 2. The summed E-state index contributed by atoms with van der Waals surface area (Å²) in [5.74, 6) is 0. The number of hydrogen-bond donors (Lipinski definition) is 0. The molecule has 0 amide bonds. The molecule has 0 fully saturated rings. The third-order valence-electron chi connectivity index (χ3n) is 1.59. The van der Waals surface area contributed by atoms with Gasteiger partial charge in [-0.25, -0.2) is 4.98 Å². The van der Waals surface area contributed by atoms with Crippen molar-refractivity contribution in [3.63, 3.8) is 0 Å². The Morgan fingerprint density at radius 2 is 2.14 bits per heavy atom. The normalized spacial score (nSPS) is 10.5. The van der Waals surface area contributed by atoms with Gasteiger partial charge in [-0.2, -0.15) is 0 Å². The molecule has 3 nitrogen and oxygen atoms in total. The average molecular weight is 236 g/mol.